The largest absolute Gasteiger partial charge is 0.382 e. The molecule has 0 amide bonds. The molecular formula is C13H18N8. The van der Waals surface area contributed by atoms with Gasteiger partial charge in [-0.1, -0.05) is 0 Å². The van der Waals surface area contributed by atoms with Gasteiger partial charge in [0.1, 0.15) is 11.3 Å². The molecule has 4 N–H and O–H groups in total. The van der Waals surface area contributed by atoms with Gasteiger partial charge in [0.25, 0.3) is 0 Å². The van der Waals surface area contributed by atoms with Gasteiger partial charge in [0, 0.05) is 19.3 Å². The van der Waals surface area contributed by atoms with E-state index in [2.05, 4.69) is 37.3 Å². The molecule has 0 spiro atoms. The van der Waals surface area contributed by atoms with Crippen LogP contribution in [0.1, 0.15) is 31.4 Å². The van der Waals surface area contributed by atoms with Crippen LogP contribution in [0.2, 0.25) is 0 Å². The van der Waals surface area contributed by atoms with E-state index in [-0.39, 0.29) is 6.04 Å². The van der Waals surface area contributed by atoms with Gasteiger partial charge in [0.2, 0.25) is 0 Å². The normalized spacial score (nSPS) is 12.9. The predicted molar refractivity (Wildman–Crippen MR) is 79.3 cm³/mol. The Balaban J connectivity index is 1.76. The lowest BCUT2D eigenvalue weighted by Crippen LogP contribution is -2.22. The molecule has 3 rings (SSSR count). The summed E-state index contributed by atoms with van der Waals surface area (Å²) in [6.07, 6.45) is 3.37. The van der Waals surface area contributed by atoms with Crippen molar-refractivity contribution in [2.75, 3.05) is 5.73 Å². The number of hydrogen-bond donors (Lipinski definition) is 3. The lowest BCUT2D eigenvalue weighted by molar-refractivity contribution is 0.515. The number of aromatic amines is 1. The van der Waals surface area contributed by atoms with Crippen molar-refractivity contribution in [3.63, 3.8) is 0 Å². The van der Waals surface area contributed by atoms with Crippen molar-refractivity contribution in [3.8, 4) is 0 Å². The molecule has 0 radical (unpaired) electrons. The molecule has 0 bridgehead atoms. The van der Waals surface area contributed by atoms with Crippen molar-refractivity contribution in [3.05, 3.63) is 30.1 Å². The predicted octanol–water partition coefficient (Wildman–Crippen LogP) is 1.00. The lowest BCUT2D eigenvalue weighted by Gasteiger charge is -2.13. The first-order valence-electron chi connectivity index (χ1n) is 6.89. The van der Waals surface area contributed by atoms with E-state index < -0.39 is 0 Å². The van der Waals surface area contributed by atoms with Gasteiger partial charge >= 0.3 is 0 Å². The van der Waals surface area contributed by atoms with Gasteiger partial charge in [-0.05, 0) is 19.9 Å². The molecule has 3 heterocycles. The standard InChI is InChI=1S/C13H18N8/c1-3-21-9(4-5-18-21)6-15-8(2)12-19-11(14)10-13(20-12)17-7-16-10/h4-5,7-8,15H,3,6H2,1-2H3,(H3,14,16,17,19,20). The Morgan fingerprint density at radius 1 is 1.43 bits per heavy atom. The second-order valence-corrected chi connectivity index (χ2v) is 4.81. The van der Waals surface area contributed by atoms with Crippen LogP contribution >= 0.6 is 0 Å². The number of nitrogen functional groups attached to an aromatic ring is 1. The van der Waals surface area contributed by atoms with E-state index in [4.69, 9.17) is 5.73 Å². The van der Waals surface area contributed by atoms with Crippen LogP contribution in [0.4, 0.5) is 5.82 Å². The number of anilines is 1. The number of fused-ring (bicyclic) bond motifs is 1. The second kappa shape index (κ2) is 5.49. The fraction of sp³-hybridized carbons (Fsp3) is 0.385. The van der Waals surface area contributed by atoms with Crippen LogP contribution in [0.15, 0.2) is 18.6 Å². The molecule has 21 heavy (non-hydrogen) atoms. The van der Waals surface area contributed by atoms with Crippen molar-refractivity contribution in [2.45, 2.75) is 33.0 Å². The van der Waals surface area contributed by atoms with E-state index in [0.717, 1.165) is 12.2 Å². The summed E-state index contributed by atoms with van der Waals surface area (Å²) in [6, 6.07) is 1.96. The number of nitrogens with one attached hydrogen (secondary N) is 2. The van der Waals surface area contributed by atoms with Crippen LogP contribution in [0.3, 0.4) is 0 Å². The SMILES string of the molecule is CCn1nccc1CNC(C)c1nc(N)c2[nH]cnc2n1. The maximum Gasteiger partial charge on any atom is 0.183 e. The zero-order valence-electron chi connectivity index (χ0n) is 12.0. The first kappa shape index (κ1) is 13.5. The van der Waals surface area contributed by atoms with Crippen molar-refractivity contribution >= 4 is 17.0 Å². The number of aryl methyl sites for hydroxylation is 1. The number of nitrogens with zero attached hydrogens (tertiary/aromatic N) is 5. The second-order valence-electron chi connectivity index (χ2n) is 4.81. The van der Waals surface area contributed by atoms with E-state index in [1.165, 1.54) is 0 Å². The molecule has 1 atom stereocenters. The molecule has 3 aromatic heterocycles. The number of hydrogen-bond acceptors (Lipinski definition) is 6. The summed E-state index contributed by atoms with van der Waals surface area (Å²) < 4.78 is 1.95. The average molecular weight is 286 g/mol. The Labute approximate surface area is 121 Å². The van der Waals surface area contributed by atoms with Gasteiger partial charge in [-0.2, -0.15) is 5.10 Å². The number of H-pyrrole nitrogens is 1. The number of aromatic nitrogens is 6. The molecule has 0 fully saturated rings. The third-order valence-electron chi connectivity index (χ3n) is 3.41. The molecule has 0 aliphatic carbocycles. The molecule has 3 aromatic rings. The molecule has 110 valence electrons. The van der Waals surface area contributed by atoms with Gasteiger partial charge in [0.15, 0.2) is 11.5 Å². The van der Waals surface area contributed by atoms with Crippen molar-refractivity contribution < 1.29 is 0 Å². The highest BCUT2D eigenvalue weighted by Crippen LogP contribution is 2.17. The van der Waals surface area contributed by atoms with Crippen LogP contribution in [0, 0.1) is 0 Å². The fourth-order valence-electron chi connectivity index (χ4n) is 2.21. The quantitative estimate of drug-likeness (QED) is 0.645. The number of imidazole rings is 1. The molecular weight excluding hydrogens is 268 g/mol. The van der Waals surface area contributed by atoms with Gasteiger partial charge < -0.3 is 16.0 Å². The van der Waals surface area contributed by atoms with Crippen LogP contribution in [0.5, 0.6) is 0 Å². The van der Waals surface area contributed by atoms with Crippen LogP contribution in [-0.4, -0.2) is 29.7 Å². The van der Waals surface area contributed by atoms with E-state index in [0.29, 0.717) is 29.4 Å². The smallest absolute Gasteiger partial charge is 0.183 e. The Hall–Kier alpha value is -2.48. The topological polar surface area (TPSA) is 110 Å². The first-order valence-corrected chi connectivity index (χ1v) is 6.89. The molecule has 0 aliphatic heterocycles. The third kappa shape index (κ3) is 2.57. The summed E-state index contributed by atoms with van der Waals surface area (Å²) in [5.41, 5.74) is 8.30. The summed E-state index contributed by atoms with van der Waals surface area (Å²) >= 11 is 0. The Kier molecular flexibility index (Phi) is 3.53. The molecule has 8 nitrogen and oxygen atoms in total. The lowest BCUT2D eigenvalue weighted by atomic mass is 10.3. The minimum absolute atomic E-state index is 0.0337. The molecule has 0 aliphatic rings. The van der Waals surface area contributed by atoms with E-state index in [1.807, 2.05) is 17.7 Å². The number of nitrogens with two attached hydrogens (primary N) is 1. The molecule has 0 saturated heterocycles. The first-order chi connectivity index (χ1) is 10.2. The van der Waals surface area contributed by atoms with E-state index in [9.17, 15) is 0 Å². The minimum atomic E-state index is -0.0337. The Morgan fingerprint density at radius 3 is 3.10 bits per heavy atom. The van der Waals surface area contributed by atoms with Gasteiger partial charge in [-0.15, -0.1) is 0 Å². The van der Waals surface area contributed by atoms with Gasteiger partial charge in [-0.25, -0.2) is 15.0 Å². The van der Waals surface area contributed by atoms with Gasteiger partial charge in [0.05, 0.1) is 18.1 Å². The van der Waals surface area contributed by atoms with Gasteiger partial charge in [-0.3, -0.25) is 4.68 Å². The van der Waals surface area contributed by atoms with E-state index >= 15 is 0 Å². The maximum atomic E-state index is 5.91. The Morgan fingerprint density at radius 2 is 2.29 bits per heavy atom. The van der Waals surface area contributed by atoms with Crippen LogP contribution in [0.25, 0.3) is 11.2 Å². The summed E-state index contributed by atoms with van der Waals surface area (Å²) in [4.78, 5) is 15.8. The Bertz CT molecular complexity index is 744. The summed E-state index contributed by atoms with van der Waals surface area (Å²) in [6.45, 7) is 5.60. The molecule has 1 unspecified atom stereocenters. The highest BCUT2D eigenvalue weighted by Gasteiger charge is 2.13. The average Bonchev–Trinajstić information content (AvgIpc) is 3.12. The highest BCUT2D eigenvalue weighted by atomic mass is 15.3. The monoisotopic (exact) mass is 286 g/mol. The molecule has 0 aromatic carbocycles. The minimum Gasteiger partial charge on any atom is -0.382 e. The number of rotatable bonds is 5. The van der Waals surface area contributed by atoms with Crippen LogP contribution in [-0.2, 0) is 13.1 Å². The summed E-state index contributed by atoms with van der Waals surface area (Å²) in [5.74, 6) is 1.05. The maximum absolute atomic E-state index is 5.91. The third-order valence-corrected chi connectivity index (χ3v) is 3.41. The van der Waals surface area contributed by atoms with E-state index in [1.54, 1.807) is 12.5 Å². The molecule has 0 saturated carbocycles. The van der Waals surface area contributed by atoms with Crippen LogP contribution < -0.4 is 11.1 Å². The van der Waals surface area contributed by atoms with Crippen molar-refractivity contribution in [1.82, 2.24) is 35.0 Å². The van der Waals surface area contributed by atoms with Crippen molar-refractivity contribution in [1.29, 1.82) is 0 Å². The highest BCUT2D eigenvalue weighted by molar-refractivity contribution is 5.80. The van der Waals surface area contributed by atoms with Crippen molar-refractivity contribution in [2.24, 2.45) is 0 Å². The summed E-state index contributed by atoms with van der Waals surface area (Å²) in [5, 5.41) is 7.63. The molecule has 8 heteroatoms. The fourth-order valence-corrected chi connectivity index (χ4v) is 2.21. The summed E-state index contributed by atoms with van der Waals surface area (Å²) in [7, 11) is 0. The zero-order chi connectivity index (χ0) is 14.8. The zero-order valence-corrected chi connectivity index (χ0v) is 12.0.